The van der Waals surface area contributed by atoms with E-state index in [4.69, 9.17) is 0 Å². The van der Waals surface area contributed by atoms with Crippen LogP contribution in [0.25, 0.3) is 0 Å². The Kier molecular flexibility index (Phi) is 6.27. The molecule has 0 saturated heterocycles. The van der Waals surface area contributed by atoms with Crippen LogP contribution in [0.3, 0.4) is 0 Å². The predicted molar refractivity (Wildman–Crippen MR) is 82.2 cm³/mol. The highest BCUT2D eigenvalue weighted by Gasteiger charge is 2.17. The van der Waals surface area contributed by atoms with E-state index in [0.717, 1.165) is 32.1 Å². The van der Waals surface area contributed by atoms with Gasteiger partial charge in [0.25, 0.3) is 0 Å². The van der Waals surface area contributed by atoms with Gasteiger partial charge >= 0.3 is 0 Å². The zero-order chi connectivity index (χ0) is 14.3. The van der Waals surface area contributed by atoms with Crippen molar-refractivity contribution in [1.82, 2.24) is 0 Å². The molecule has 1 aromatic rings. The van der Waals surface area contributed by atoms with Crippen molar-refractivity contribution < 1.29 is 4.79 Å². The maximum absolute atomic E-state index is 11.9. The van der Waals surface area contributed by atoms with Crippen LogP contribution < -0.4 is 0 Å². The number of hydrogen-bond acceptors (Lipinski definition) is 1. The molecule has 0 heterocycles. The lowest BCUT2D eigenvalue weighted by atomic mass is 9.83. The van der Waals surface area contributed by atoms with Crippen LogP contribution in [0.5, 0.6) is 0 Å². The molecule has 1 unspecified atom stereocenters. The largest absolute Gasteiger partial charge is 0.300 e. The molecule has 106 valence electrons. The molecule has 0 amide bonds. The Bertz CT molecular complexity index is 372. The van der Waals surface area contributed by atoms with E-state index in [2.05, 4.69) is 52.0 Å². The zero-order valence-electron chi connectivity index (χ0n) is 12.9. The molecule has 1 aromatic carbocycles. The maximum atomic E-state index is 11.9. The van der Waals surface area contributed by atoms with Gasteiger partial charge in [-0.15, -0.1) is 0 Å². The summed E-state index contributed by atoms with van der Waals surface area (Å²) in [5.41, 5.74) is 1.65. The molecule has 0 aliphatic rings. The molecule has 1 rings (SSSR count). The average Bonchev–Trinajstić information content (AvgIpc) is 2.27. The number of carbonyl (C=O) groups excluding carboxylic acids is 1. The van der Waals surface area contributed by atoms with E-state index in [-0.39, 0.29) is 0 Å². The Morgan fingerprint density at radius 2 is 1.79 bits per heavy atom. The second kappa shape index (κ2) is 7.47. The number of hydrogen-bond donors (Lipinski definition) is 0. The van der Waals surface area contributed by atoms with Crippen LogP contribution in [0.4, 0.5) is 0 Å². The molecule has 1 nitrogen and oxygen atoms in total. The SMILES string of the molecule is CC(CC(=O)CCCc1ccccc1)CC(C)(C)C. The first-order valence-corrected chi connectivity index (χ1v) is 7.42. The van der Waals surface area contributed by atoms with Crippen LogP contribution in [0.2, 0.25) is 0 Å². The fraction of sp³-hybridized carbons (Fsp3) is 0.611. The Morgan fingerprint density at radius 3 is 2.37 bits per heavy atom. The first-order valence-electron chi connectivity index (χ1n) is 7.42. The summed E-state index contributed by atoms with van der Waals surface area (Å²) in [5.74, 6) is 0.928. The highest BCUT2D eigenvalue weighted by Crippen LogP contribution is 2.26. The molecule has 0 radical (unpaired) electrons. The third kappa shape index (κ3) is 7.81. The Hall–Kier alpha value is -1.11. The molecule has 19 heavy (non-hydrogen) atoms. The Morgan fingerprint density at radius 1 is 1.16 bits per heavy atom. The van der Waals surface area contributed by atoms with Crippen molar-refractivity contribution in [2.75, 3.05) is 0 Å². The number of benzene rings is 1. The second-order valence-corrected chi connectivity index (χ2v) is 6.95. The van der Waals surface area contributed by atoms with E-state index in [1.165, 1.54) is 5.56 Å². The topological polar surface area (TPSA) is 17.1 Å². The maximum Gasteiger partial charge on any atom is 0.133 e. The molecule has 1 heteroatoms. The van der Waals surface area contributed by atoms with E-state index in [9.17, 15) is 4.79 Å². The van der Waals surface area contributed by atoms with Gasteiger partial charge in [0.2, 0.25) is 0 Å². The molecule has 0 saturated carbocycles. The van der Waals surface area contributed by atoms with Gasteiger partial charge in [0.15, 0.2) is 0 Å². The lowest BCUT2D eigenvalue weighted by Crippen LogP contribution is -2.14. The smallest absolute Gasteiger partial charge is 0.133 e. The van der Waals surface area contributed by atoms with Crippen LogP contribution >= 0.6 is 0 Å². The fourth-order valence-electron chi connectivity index (χ4n) is 2.74. The van der Waals surface area contributed by atoms with Crippen LogP contribution in [-0.2, 0) is 11.2 Å². The highest BCUT2D eigenvalue weighted by molar-refractivity contribution is 5.78. The summed E-state index contributed by atoms with van der Waals surface area (Å²) >= 11 is 0. The summed E-state index contributed by atoms with van der Waals surface area (Å²) in [7, 11) is 0. The van der Waals surface area contributed by atoms with Crippen molar-refractivity contribution in [3.8, 4) is 0 Å². The molecule has 0 spiro atoms. The van der Waals surface area contributed by atoms with Gasteiger partial charge in [0.05, 0.1) is 0 Å². The summed E-state index contributed by atoms with van der Waals surface area (Å²) in [5, 5.41) is 0. The molecule has 0 fully saturated rings. The van der Waals surface area contributed by atoms with Crippen molar-refractivity contribution in [3.63, 3.8) is 0 Å². The molecule has 0 aliphatic heterocycles. The van der Waals surface area contributed by atoms with Gasteiger partial charge in [0.1, 0.15) is 5.78 Å². The van der Waals surface area contributed by atoms with Gasteiger partial charge in [-0.3, -0.25) is 4.79 Å². The molecular formula is C18H28O. The van der Waals surface area contributed by atoms with Gasteiger partial charge in [0, 0.05) is 12.8 Å². The van der Waals surface area contributed by atoms with E-state index in [0.29, 0.717) is 17.1 Å². The second-order valence-electron chi connectivity index (χ2n) is 6.95. The van der Waals surface area contributed by atoms with Gasteiger partial charge in [-0.25, -0.2) is 0 Å². The van der Waals surface area contributed by atoms with E-state index in [1.54, 1.807) is 0 Å². The Labute approximate surface area is 118 Å². The van der Waals surface area contributed by atoms with Gasteiger partial charge in [-0.1, -0.05) is 58.0 Å². The monoisotopic (exact) mass is 260 g/mol. The van der Waals surface area contributed by atoms with Crippen LogP contribution in [0, 0.1) is 11.3 Å². The molecule has 0 bridgehead atoms. The predicted octanol–water partition coefficient (Wildman–Crippen LogP) is 5.04. The summed E-state index contributed by atoms with van der Waals surface area (Å²) < 4.78 is 0. The first-order chi connectivity index (χ1) is 8.87. The third-order valence-corrected chi connectivity index (χ3v) is 3.30. The van der Waals surface area contributed by atoms with Crippen molar-refractivity contribution in [1.29, 1.82) is 0 Å². The highest BCUT2D eigenvalue weighted by atomic mass is 16.1. The molecule has 0 aromatic heterocycles. The van der Waals surface area contributed by atoms with Gasteiger partial charge in [-0.2, -0.15) is 0 Å². The van der Waals surface area contributed by atoms with Crippen LogP contribution in [0.1, 0.15) is 58.9 Å². The molecule has 1 atom stereocenters. The molecule has 0 aliphatic carbocycles. The summed E-state index contributed by atoms with van der Waals surface area (Å²) in [6.07, 6.45) is 4.58. The quantitative estimate of drug-likeness (QED) is 0.671. The van der Waals surface area contributed by atoms with Crippen LogP contribution in [0.15, 0.2) is 30.3 Å². The van der Waals surface area contributed by atoms with E-state index < -0.39 is 0 Å². The minimum Gasteiger partial charge on any atom is -0.300 e. The molecule has 0 N–H and O–H groups in total. The van der Waals surface area contributed by atoms with Crippen molar-refractivity contribution in [3.05, 3.63) is 35.9 Å². The van der Waals surface area contributed by atoms with Crippen molar-refractivity contribution in [2.45, 2.75) is 59.8 Å². The Balaban J connectivity index is 2.21. The number of Topliss-reactive ketones (excluding diaryl/α,β-unsaturated/α-hetero) is 1. The average molecular weight is 260 g/mol. The van der Waals surface area contributed by atoms with Gasteiger partial charge < -0.3 is 0 Å². The lowest BCUT2D eigenvalue weighted by molar-refractivity contribution is -0.120. The first kappa shape index (κ1) is 15.9. The zero-order valence-corrected chi connectivity index (χ0v) is 12.9. The normalized spacial score (nSPS) is 13.3. The third-order valence-electron chi connectivity index (χ3n) is 3.30. The summed E-state index contributed by atoms with van der Waals surface area (Å²) in [6.45, 7) is 8.91. The van der Waals surface area contributed by atoms with Crippen molar-refractivity contribution >= 4 is 5.78 Å². The minimum atomic E-state index is 0.323. The van der Waals surface area contributed by atoms with Gasteiger partial charge in [-0.05, 0) is 36.2 Å². The summed E-state index contributed by atoms with van der Waals surface area (Å²) in [4.78, 5) is 11.9. The number of ketones is 1. The fourth-order valence-corrected chi connectivity index (χ4v) is 2.74. The number of aryl methyl sites for hydroxylation is 1. The van der Waals surface area contributed by atoms with E-state index >= 15 is 0 Å². The van der Waals surface area contributed by atoms with Crippen molar-refractivity contribution in [2.24, 2.45) is 11.3 Å². The number of rotatable bonds is 7. The minimum absolute atomic E-state index is 0.323. The standard InChI is InChI=1S/C18H28O/c1-15(14-18(2,3)4)13-17(19)12-8-11-16-9-6-5-7-10-16/h5-7,9-10,15H,8,11-14H2,1-4H3. The molecular weight excluding hydrogens is 232 g/mol. The lowest BCUT2D eigenvalue weighted by Gasteiger charge is -2.22. The number of carbonyl (C=O) groups is 1. The van der Waals surface area contributed by atoms with Crippen LogP contribution in [-0.4, -0.2) is 5.78 Å². The van der Waals surface area contributed by atoms with E-state index in [1.807, 2.05) is 6.07 Å². The summed E-state index contributed by atoms with van der Waals surface area (Å²) in [6, 6.07) is 10.4.